The quantitative estimate of drug-likeness (QED) is 0.0373. The van der Waals surface area contributed by atoms with E-state index < -0.39 is 6.10 Å². The second-order valence-electron chi connectivity index (χ2n) is 28.5. The van der Waals surface area contributed by atoms with Crippen LogP contribution in [0, 0.1) is 0 Å². The van der Waals surface area contributed by atoms with Crippen molar-refractivity contribution in [1.82, 2.24) is 0 Å². The van der Waals surface area contributed by atoms with Crippen molar-refractivity contribution in [3.05, 3.63) is 60.8 Å². The second kappa shape index (κ2) is 82.8. The minimum atomic E-state index is -0.771. The Labute approximate surface area is 576 Å². The van der Waals surface area contributed by atoms with Crippen molar-refractivity contribution in [2.45, 2.75) is 469 Å². The van der Waals surface area contributed by atoms with Gasteiger partial charge in [0.2, 0.25) is 0 Å². The van der Waals surface area contributed by atoms with Crippen LogP contribution in [-0.2, 0) is 19.1 Å². The molecular formula is C87H162O5. The smallest absolute Gasteiger partial charge is 0.306 e. The molecule has 0 rings (SSSR count). The lowest BCUT2D eigenvalue weighted by Crippen LogP contribution is -2.28. The molecular weight excluding hydrogens is 1120 g/mol. The number of carbonyl (C=O) groups is 2. The van der Waals surface area contributed by atoms with Crippen LogP contribution in [0.1, 0.15) is 463 Å². The van der Waals surface area contributed by atoms with Gasteiger partial charge in [-0.25, -0.2) is 0 Å². The zero-order valence-electron chi connectivity index (χ0n) is 62.3. The van der Waals surface area contributed by atoms with Gasteiger partial charge in [-0.1, -0.05) is 453 Å². The summed E-state index contributed by atoms with van der Waals surface area (Å²) >= 11 is 0. The highest BCUT2D eigenvalue weighted by atomic mass is 16.6. The maximum absolute atomic E-state index is 12.4. The first kappa shape index (κ1) is 89.6. The molecule has 92 heavy (non-hydrogen) atoms. The lowest BCUT2D eigenvalue weighted by molar-refractivity contribution is -0.161. The molecule has 0 saturated carbocycles. The molecule has 0 spiro atoms. The van der Waals surface area contributed by atoms with Crippen molar-refractivity contribution >= 4 is 11.9 Å². The summed E-state index contributed by atoms with van der Waals surface area (Å²) in [6.45, 7) is 4.10. The molecule has 0 aromatic carbocycles. The lowest BCUT2D eigenvalue weighted by Gasteiger charge is -2.15. The summed E-state index contributed by atoms with van der Waals surface area (Å²) in [4.78, 5) is 24.7. The normalized spacial score (nSPS) is 12.4. The van der Waals surface area contributed by atoms with Gasteiger partial charge in [0.15, 0.2) is 6.10 Å². The monoisotopic (exact) mass is 1290 g/mol. The van der Waals surface area contributed by atoms with E-state index in [9.17, 15) is 14.7 Å². The zero-order chi connectivity index (χ0) is 66.1. The number of allylic oxidation sites excluding steroid dienone is 10. The number of unbranched alkanes of at least 4 members (excludes halogenated alkanes) is 61. The Morgan fingerprint density at radius 3 is 0.707 bits per heavy atom. The van der Waals surface area contributed by atoms with Gasteiger partial charge in [0.05, 0.1) is 6.61 Å². The number of hydrogen-bond donors (Lipinski definition) is 1. The minimum absolute atomic E-state index is 0.0589. The van der Waals surface area contributed by atoms with Gasteiger partial charge in [0.25, 0.3) is 0 Å². The van der Waals surface area contributed by atoms with Crippen molar-refractivity contribution in [2.24, 2.45) is 0 Å². The summed E-state index contributed by atoms with van der Waals surface area (Å²) in [5.41, 5.74) is 0. The fraction of sp³-hybridized carbons (Fsp3) is 0.862. The van der Waals surface area contributed by atoms with E-state index in [4.69, 9.17) is 9.47 Å². The molecule has 0 saturated heterocycles. The van der Waals surface area contributed by atoms with Crippen molar-refractivity contribution in [3.8, 4) is 0 Å². The molecule has 0 aromatic rings. The molecule has 1 N–H and O–H groups in total. The molecule has 5 nitrogen and oxygen atoms in total. The van der Waals surface area contributed by atoms with E-state index in [0.29, 0.717) is 12.8 Å². The number of esters is 2. The Morgan fingerprint density at radius 1 is 0.261 bits per heavy atom. The molecule has 0 fully saturated rings. The molecule has 0 heterocycles. The second-order valence-corrected chi connectivity index (χ2v) is 28.5. The average molecular weight is 1290 g/mol. The van der Waals surface area contributed by atoms with Crippen LogP contribution in [0.5, 0.6) is 0 Å². The predicted molar refractivity (Wildman–Crippen MR) is 408 cm³/mol. The van der Waals surface area contributed by atoms with Crippen LogP contribution in [0.25, 0.3) is 0 Å². The largest absolute Gasteiger partial charge is 0.462 e. The van der Waals surface area contributed by atoms with E-state index in [0.717, 1.165) is 64.2 Å². The molecule has 0 aliphatic rings. The molecule has 0 aliphatic heterocycles. The molecule has 0 amide bonds. The van der Waals surface area contributed by atoms with Gasteiger partial charge in [0.1, 0.15) is 6.61 Å². The Morgan fingerprint density at radius 2 is 0.467 bits per heavy atom. The first-order valence-corrected chi connectivity index (χ1v) is 41.8. The Kier molecular flexibility index (Phi) is 80.7. The fourth-order valence-corrected chi connectivity index (χ4v) is 13.1. The standard InChI is InChI=1S/C87H162O5/c1-3-5-7-9-11-13-15-17-19-21-23-25-27-29-31-33-35-37-39-41-43-45-47-49-51-53-55-57-59-61-63-65-67-69-71-73-75-77-79-81-86(89)91-84-85(83-88)92-87(90)82-80-78-76-74-72-70-68-66-64-62-60-58-56-54-52-50-48-46-44-42-40-38-36-34-32-30-28-26-24-22-20-18-16-14-12-10-8-6-4-2/h6,8,12,14,18,20,24,26,30,32,85,88H,3-5,7,9-11,13,15-17,19,21-23,25,27-29,31,33-84H2,1-2H3/b8-6-,14-12-,20-18-,26-24-,32-30-. The first-order chi connectivity index (χ1) is 45.6. The summed E-state index contributed by atoms with van der Waals surface area (Å²) in [6.07, 6.45) is 115. The third-order valence-corrected chi connectivity index (χ3v) is 19.3. The van der Waals surface area contributed by atoms with E-state index in [2.05, 4.69) is 74.6 Å². The highest BCUT2D eigenvalue weighted by Crippen LogP contribution is 2.21. The van der Waals surface area contributed by atoms with E-state index in [1.165, 1.54) is 372 Å². The van der Waals surface area contributed by atoms with Crippen molar-refractivity contribution < 1.29 is 24.2 Å². The van der Waals surface area contributed by atoms with Crippen LogP contribution < -0.4 is 0 Å². The molecule has 0 aromatic heterocycles. The first-order valence-electron chi connectivity index (χ1n) is 41.8. The Bertz CT molecular complexity index is 1560. The van der Waals surface area contributed by atoms with E-state index >= 15 is 0 Å². The lowest BCUT2D eigenvalue weighted by atomic mass is 10.0. The predicted octanol–water partition coefficient (Wildman–Crippen LogP) is 29.6. The molecule has 0 radical (unpaired) electrons. The molecule has 1 atom stereocenters. The molecule has 540 valence electrons. The maximum atomic E-state index is 12.4. The summed E-state index contributed by atoms with van der Waals surface area (Å²) in [7, 11) is 0. The summed E-state index contributed by atoms with van der Waals surface area (Å²) in [5.74, 6) is -0.562. The molecule has 0 bridgehead atoms. The van der Waals surface area contributed by atoms with E-state index in [-0.39, 0.29) is 25.2 Å². The van der Waals surface area contributed by atoms with Crippen LogP contribution in [0.15, 0.2) is 60.8 Å². The van der Waals surface area contributed by atoms with Crippen molar-refractivity contribution in [1.29, 1.82) is 0 Å². The average Bonchev–Trinajstić information content (AvgIpc) is 3.75. The number of rotatable bonds is 79. The van der Waals surface area contributed by atoms with Gasteiger partial charge >= 0.3 is 11.9 Å². The number of carbonyl (C=O) groups excluding carboxylic acids is 2. The van der Waals surface area contributed by atoms with E-state index in [1.54, 1.807) is 0 Å². The van der Waals surface area contributed by atoms with Crippen LogP contribution in [0.2, 0.25) is 0 Å². The van der Waals surface area contributed by atoms with Gasteiger partial charge in [-0.2, -0.15) is 0 Å². The van der Waals surface area contributed by atoms with Gasteiger partial charge in [-0.3, -0.25) is 9.59 Å². The topological polar surface area (TPSA) is 72.8 Å². The van der Waals surface area contributed by atoms with Gasteiger partial charge < -0.3 is 14.6 Å². The van der Waals surface area contributed by atoms with Gasteiger partial charge in [0, 0.05) is 12.8 Å². The fourth-order valence-electron chi connectivity index (χ4n) is 13.1. The number of aliphatic hydroxyl groups is 1. The Balaban J connectivity index is 3.35. The maximum Gasteiger partial charge on any atom is 0.306 e. The van der Waals surface area contributed by atoms with E-state index in [1.807, 2.05) is 0 Å². The molecule has 0 aliphatic carbocycles. The van der Waals surface area contributed by atoms with Crippen LogP contribution in [0.4, 0.5) is 0 Å². The SMILES string of the molecule is CC/C=C\C/C=C\C/C=C\C/C=C\C/C=C\CCCCCCCCCCCCCCCCCCCCCCCCCC(=O)OC(CO)COC(=O)CCCCCCCCCCCCCCCCCCCCCCCCCCCCCCCCCCCCCCCCC. The van der Waals surface area contributed by atoms with Crippen LogP contribution >= 0.6 is 0 Å². The minimum Gasteiger partial charge on any atom is -0.462 e. The van der Waals surface area contributed by atoms with Gasteiger partial charge in [-0.15, -0.1) is 0 Å². The van der Waals surface area contributed by atoms with Crippen molar-refractivity contribution in [2.75, 3.05) is 13.2 Å². The zero-order valence-corrected chi connectivity index (χ0v) is 62.3. The highest BCUT2D eigenvalue weighted by molar-refractivity contribution is 5.70. The Hall–Kier alpha value is -2.40. The number of ether oxygens (including phenoxy) is 2. The number of aliphatic hydroxyl groups excluding tert-OH is 1. The summed E-state index contributed by atoms with van der Waals surface area (Å²) in [6, 6.07) is 0. The van der Waals surface area contributed by atoms with Crippen LogP contribution in [0.3, 0.4) is 0 Å². The third kappa shape index (κ3) is 80.0. The van der Waals surface area contributed by atoms with Crippen LogP contribution in [-0.4, -0.2) is 36.4 Å². The van der Waals surface area contributed by atoms with Gasteiger partial charge in [-0.05, 0) is 57.8 Å². The third-order valence-electron chi connectivity index (χ3n) is 19.3. The summed E-state index contributed by atoms with van der Waals surface area (Å²) in [5, 5.41) is 9.74. The van der Waals surface area contributed by atoms with Crippen molar-refractivity contribution in [3.63, 3.8) is 0 Å². The highest BCUT2D eigenvalue weighted by Gasteiger charge is 2.16. The number of hydrogen-bond acceptors (Lipinski definition) is 5. The molecule has 1 unspecified atom stereocenters. The summed E-state index contributed by atoms with van der Waals surface area (Å²) < 4.78 is 10.8. The molecule has 5 heteroatoms.